The lowest BCUT2D eigenvalue weighted by atomic mass is 9.86. The van der Waals surface area contributed by atoms with Crippen molar-refractivity contribution >= 4 is 11.9 Å². The Kier molecular flexibility index (Phi) is 9.66. The fourth-order valence-electron chi connectivity index (χ4n) is 3.40. The van der Waals surface area contributed by atoms with E-state index in [4.69, 9.17) is 10.2 Å². The molecule has 0 saturated carbocycles. The van der Waals surface area contributed by atoms with E-state index in [0.717, 1.165) is 38.5 Å². The number of unbranched alkanes of at least 4 members (excludes halogenated alkanes) is 4. The van der Waals surface area contributed by atoms with Crippen molar-refractivity contribution in [3.05, 3.63) is 23.3 Å². The maximum absolute atomic E-state index is 11.1. The highest BCUT2D eigenvalue weighted by Gasteiger charge is 2.26. The van der Waals surface area contributed by atoms with E-state index in [-0.39, 0.29) is 11.5 Å². The average molecular weight is 423 g/mol. The number of phenols is 2. The third kappa shape index (κ3) is 7.88. The van der Waals surface area contributed by atoms with Gasteiger partial charge in [-0.15, -0.1) is 0 Å². The summed E-state index contributed by atoms with van der Waals surface area (Å²) in [7, 11) is 0. The number of aryl methyl sites for hydroxylation is 2. The van der Waals surface area contributed by atoms with Crippen LogP contribution in [0.1, 0.15) is 90.2 Å². The van der Waals surface area contributed by atoms with Crippen molar-refractivity contribution < 1.29 is 30.0 Å². The molecule has 1 aromatic rings. The number of carbonyl (C=O) groups is 2. The molecule has 0 heterocycles. The molecule has 1 aromatic carbocycles. The molecule has 0 aliphatic heterocycles. The summed E-state index contributed by atoms with van der Waals surface area (Å²) in [5.74, 6) is -1.70. The van der Waals surface area contributed by atoms with Gasteiger partial charge in [-0.25, -0.2) is 0 Å². The van der Waals surface area contributed by atoms with Crippen LogP contribution in [-0.4, -0.2) is 32.4 Å². The van der Waals surface area contributed by atoms with Crippen molar-refractivity contribution in [3.8, 4) is 11.5 Å². The third-order valence-corrected chi connectivity index (χ3v) is 5.97. The average Bonchev–Trinajstić information content (AvgIpc) is 2.65. The lowest BCUT2D eigenvalue weighted by Gasteiger charge is -2.18. The number of hydrogen-bond acceptors (Lipinski definition) is 4. The van der Waals surface area contributed by atoms with Crippen LogP contribution in [0.2, 0.25) is 0 Å². The molecule has 0 fully saturated rings. The van der Waals surface area contributed by atoms with Crippen molar-refractivity contribution in [3.63, 3.8) is 0 Å². The van der Waals surface area contributed by atoms with Crippen molar-refractivity contribution in [2.75, 3.05) is 0 Å². The van der Waals surface area contributed by atoms with Gasteiger partial charge in [0.25, 0.3) is 0 Å². The lowest BCUT2D eigenvalue weighted by molar-refractivity contribution is -0.148. The van der Waals surface area contributed by atoms with Crippen molar-refractivity contribution in [1.29, 1.82) is 0 Å². The smallest absolute Gasteiger partial charge is 0.309 e. The first-order chi connectivity index (χ1) is 13.9. The van der Waals surface area contributed by atoms with Gasteiger partial charge in [-0.3, -0.25) is 9.59 Å². The monoisotopic (exact) mass is 422 g/mol. The second-order valence-electron chi connectivity index (χ2n) is 9.58. The molecule has 0 bridgehead atoms. The summed E-state index contributed by atoms with van der Waals surface area (Å²) in [6.07, 6.45) is 7.49. The Labute approximate surface area is 180 Å². The van der Waals surface area contributed by atoms with E-state index in [9.17, 15) is 19.8 Å². The highest BCUT2D eigenvalue weighted by atomic mass is 16.4. The zero-order valence-corrected chi connectivity index (χ0v) is 18.8. The molecule has 0 amide bonds. The predicted molar refractivity (Wildman–Crippen MR) is 117 cm³/mol. The zero-order valence-electron chi connectivity index (χ0n) is 18.8. The minimum atomic E-state index is -0.786. The van der Waals surface area contributed by atoms with E-state index in [1.54, 1.807) is 27.7 Å². The van der Waals surface area contributed by atoms with E-state index >= 15 is 0 Å². The Morgan fingerprint density at radius 2 is 1.00 bits per heavy atom. The number of phenolic OH excluding ortho intramolecular Hbond substituents is 2. The summed E-state index contributed by atoms with van der Waals surface area (Å²) in [6, 6.07) is 3.69. The van der Waals surface area contributed by atoms with Crippen LogP contribution in [0.25, 0.3) is 0 Å². The van der Waals surface area contributed by atoms with Crippen molar-refractivity contribution in [2.45, 2.75) is 91.9 Å². The van der Waals surface area contributed by atoms with Gasteiger partial charge >= 0.3 is 11.9 Å². The van der Waals surface area contributed by atoms with Crippen LogP contribution in [0.5, 0.6) is 11.5 Å². The van der Waals surface area contributed by atoms with E-state index in [1.807, 2.05) is 12.1 Å². The largest absolute Gasteiger partial charge is 0.504 e. The summed E-state index contributed by atoms with van der Waals surface area (Å²) in [5.41, 5.74) is -0.0226. The summed E-state index contributed by atoms with van der Waals surface area (Å²) >= 11 is 0. The Balaban J connectivity index is 2.43. The van der Waals surface area contributed by atoms with Gasteiger partial charge in [0, 0.05) is 0 Å². The fourth-order valence-corrected chi connectivity index (χ4v) is 3.40. The molecule has 0 unspecified atom stereocenters. The van der Waals surface area contributed by atoms with E-state index < -0.39 is 22.8 Å². The normalized spacial score (nSPS) is 12.1. The summed E-state index contributed by atoms with van der Waals surface area (Å²) in [4.78, 5) is 22.2. The van der Waals surface area contributed by atoms with E-state index in [2.05, 4.69) is 0 Å². The molecule has 0 aromatic heterocycles. The van der Waals surface area contributed by atoms with Crippen LogP contribution in [0.4, 0.5) is 0 Å². The van der Waals surface area contributed by atoms with Crippen LogP contribution in [0, 0.1) is 10.8 Å². The molecule has 0 aliphatic carbocycles. The van der Waals surface area contributed by atoms with Crippen LogP contribution in [0.15, 0.2) is 12.1 Å². The Morgan fingerprint density at radius 1 is 0.667 bits per heavy atom. The molecule has 0 radical (unpaired) electrons. The molecule has 1 rings (SSSR count). The van der Waals surface area contributed by atoms with Gasteiger partial charge in [0.15, 0.2) is 11.5 Å². The standard InChI is InChI=1S/C24H38O6/c1-23(2,21(27)28)15-9-5-7-11-17-13-14-18(20(26)19(17)25)12-8-6-10-16-24(3,4)22(29)30/h13-14,25-26H,5-12,15-16H2,1-4H3,(H,27,28)(H,29,30). The number of rotatable bonds is 14. The van der Waals surface area contributed by atoms with Crippen LogP contribution in [-0.2, 0) is 22.4 Å². The molecule has 0 atom stereocenters. The van der Waals surface area contributed by atoms with E-state index in [0.29, 0.717) is 36.8 Å². The second-order valence-corrected chi connectivity index (χ2v) is 9.58. The molecule has 4 N–H and O–H groups in total. The Morgan fingerprint density at radius 3 is 1.30 bits per heavy atom. The van der Waals surface area contributed by atoms with E-state index in [1.165, 1.54) is 0 Å². The van der Waals surface area contributed by atoms with Crippen LogP contribution in [0.3, 0.4) is 0 Å². The summed E-state index contributed by atoms with van der Waals surface area (Å²) in [5, 5.41) is 38.9. The van der Waals surface area contributed by atoms with Gasteiger partial charge in [-0.05, 0) is 77.3 Å². The van der Waals surface area contributed by atoms with Gasteiger partial charge < -0.3 is 20.4 Å². The number of carboxylic acid groups (broad SMARTS) is 2. The van der Waals surface area contributed by atoms with Crippen molar-refractivity contribution in [2.24, 2.45) is 10.8 Å². The molecular formula is C24H38O6. The first-order valence-electron chi connectivity index (χ1n) is 10.9. The highest BCUT2D eigenvalue weighted by Crippen LogP contribution is 2.35. The molecule has 170 valence electrons. The molecule has 0 aliphatic rings. The Bertz CT molecular complexity index is 660. The summed E-state index contributed by atoms with van der Waals surface area (Å²) < 4.78 is 0. The fraction of sp³-hybridized carbons (Fsp3) is 0.667. The van der Waals surface area contributed by atoms with Crippen LogP contribution < -0.4 is 0 Å². The zero-order chi connectivity index (χ0) is 22.9. The van der Waals surface area contributed by atoms with Gasteiger partial charge in [0.2, 0.25) is 0 Å². The summed E-state index contributed by atoms with van der Waals surface area (Å²) in [6.45, 7) is 6.91. The maximum atomic E-state index is 11.1. The topological polar surface area (TPSA) is 115 Å². The molecule has 6 nitrogen and oxygen atoms in total. The first-order valence-corrected chi connectivity index (χ1v) is 10.9. The third-order valence-electron chi connectivity index (χ3n) is 5.97. The van der Waals surface area contributed by atoms with Gasteiger partial charge in [0.05, 0.1) is 10.8 Å². The van der Waals surface area contributed by atoms with Gasteiger partial charge in [-0.2, -0.15) is 0 Å². The minimum Gasteiger partial charge on any atom is -0.504 e. The molecule has 0 saturated heterocycles. The number of benzene rings is 1. The number of aliphatic carboxylic acids is 2. The highest BCUT2D eigenvalue weighted by molar-refractivity contribution is 5.73. The van der Waals surface area contributed by atoms with Crippen molar-refractivity contribution in [1.82, 2.24) is 0 Å². The SMILES string of the molecule is CC(C)(CCCCCc1ccc(CCCCCC(C)(C)C(=O)O)c(O)c1O)C(=O)O. The predicted octanol–water partition coefficient (Wildman–Crippen LogP) is 5.53. The molecule has 0 spiro atoms. The molecule has 30 heavy (non-hydrogen) atoms. The quantitative estimate of drug-likeness (QED) is 0.232. The first kappa shape index (κ1) is 25.8. The van der Waals surface area contributed by atoms with Crippen LogP contribution >= 0.6 is 0 Å². The van der Waals surface area contributed by atoms with Gasteiger partial charge in [-0.1, -0.05) is 37.8 Å². The minimum absolute atomic E-state index is 0.0645. The maximum Gasteiger partial charge on any atom is 0.309 e. The number of carboxylic acids is 2. The Hall–Kier alpha value is -2.24. The van der Waals surface area contributed by atoms with Gasteiger partial charge in [0.1, 0.15) is 0 Å². The number of aromatic hydroxyl groups is 2. The molecule has 6 heteroatoms. The molecular weight excluding hydrogens is 384 g/mol. The number of hydrogen-bond donors (Lipinski definition) is 4. The second kappa shape index (κ2) is 11.2. The lowest BCUT2D eigenvalue weighted by Crippen LogP contribution is -2.23.